The van der Waals surface area contributed by atoms with Gasteiger partial charge in [0.25, 0.3) is 0 Å². The van der Waals surface area contributed by atoms with E-state index in [-0.39, 0.29) is 25.7 Å². The minimum absolute atomic E-state index is 0.0813. The molecule has 1 amide bonds. The van der Waals surface area contributed by atoms with E-state index in [1.165, 1.54) is 0 Å². The number of hydrogen-bond donors (Lipinski definition) is 4. The summed E-state index contributed by atoms with van der Waals surface area (Å²) in [4.78, 5) is 11.7. The summed E-state index contributed by atoms with van der Waals surface area (Å²) in [7, 11) is 0. The summed E-state index contributed by atoms with van der Waals surface area (Å²) in [5.41, 5.74) is 1.42. The van der Waals surface area contributed by atoms with Crippen molar-refractivity contribution in [2.24, 2.45) is 0 Å². The molecule has 1 atom stereocenters. The molecule has 132 valence electrons. The smallest absolute Gasteiger partial charge is 0.224 e. The Morgan fingerprint density at radius 1 is 1.33 bits per heavy atom. The van der Waals surface area contributed by atoms with E-state index < -0.39 is 6.10 Å². The fraction of sp³-hybridized carbons (Fsp3) is 0.471. The van der Waals surface area contributed by atoms with Gasteiger partial charge in [0.1, 0.15) is 30.8 Å². The van der Waals surface area contributed by atoms with Gasteiger partial charge in [0.05, 0.1) is 12.3 Å². The Morgan fingerprint density at radius 2 is 2.12 bits per heavy atom. The number of carbonyl (C=O) groups excluding carboxylic acids is 1. The van der Waals surface area contributed by atoms with Gasteiger partial charge in [-0.2, -0.15) is 0 Å². The molecule has 0 spiro atoms. The van der Waals surface area contributed by atoms with Crippen LogP contribution in [0.3, 0.4) is 0 Å². The van der Waals surface area contributed by atoms with Crippen LogP contribution in [0.25, 0.3) is 0 Å². The third-order valence-electron chi connectivity index (χ3n) is 3.55. The summed E-state index contributed by atoms with van der Waals surface area (Å²) < 4.78 is 11.2. The largest absolute Gasteiger partial charge is 0.490 e. The monoisotopic (exact) mass is 336 g/mol. The summed E-state index contributed by atoms with van der Waals surface area (Å²) in [5.74, 6) is 1.04. The van der Waals surface area contributed by atoms with Crippen molar-refractivity contribution in [3.8, 4) is 11.5 Å². The number of fused-ring (bicyclic) bond motifs is 1. The zero-order valence-corrected chi connectivity index (χ0v) is 13.6. The van der Waals surface area contributed by atoms with Crippen LogP contribution in [0.15, 0.2) is 24.8 Å². The molecule has 7 heteroatoms. The number of nitrogens with one attached hydrogen (secondary N) is 2. The van der Waals surface area contributed by atoms with Gasteiger partial charge in [-0.05, 0) is 18.6 Å². The Hall–Kier alpha value is -2.09. The number of aliphatic hydroxyl groups is 2. The first kappa shape index (κ1) is 18.3. The fourth-order valence-electron chi connectivity index (χ4n) is 2.44. The molecule has 1 aromatic carbocycles. The van der Waals surface area contributed by atoms with E-state index in [2.05, 4.69) is 17.2 Å². The van der Waals surface area contributed by atoms with Crippen LogP contribution in [0.4, 0.5) is 5.69 Å². The lowest BCUT2D eigenvalue weighted by Crippen LogP contribution is -2.31. The van der Waals surface area contributed by atoms with Crippen LogP contribution in [-0.4, -0.2) is 55.1 Å². The maximum atomic E-state index is 11.7. The van der Waals surface area contributed by atoms with Gasteiger partial charge in [0.2, 0.25) is 5.91 Å². The van der Waals surface area contributed by atoms with Crippen molar-refractivity contribution in [3.05, 3.63) is 30.4 Å². The van der Waals surface area contributed by atoms with Crippen molar-refractivity contribution in [1.82, 2.24) is 5.32 Å². The topological polar surface area (TPSA) is 100 Å². The number of benzene rings is 1. The van der Waals surface area contributed by atoms with E-state index in [1.807, 2.05) is 0 Å². The van der Waals surface area contributed by atoms with Crippen LogP contribution in [0, 0.1) is 0 Å². The molecule has 0 saturated heterocycles. The number of ether oxygens (including phenoxy) is 2. The number of aliphatic hydroxyl groups excluding tert-OH is 2. The Bertz CT molecular complexity index is 576. The third-order valence-corrected chi connectivity index (χ3v) is 3.55. The molecule has 4 N–H and O–H groups in total. The Labute approximate surface area is 141 Å². The molecule has 0 saturated carbocycles. The van der Waals surface area contributed by atoms with Crippen LogP contribution >= 0.6 is 0 Å². The van der Waals surface area contributed by atoms with Crippen LogP contribution < -0.4 is 20.1 Å². The van der Waals surface area contributed by atoms with Crippen LogP contribution in [0.5, 0.6) is 11.5 Å². The Kier molecular flexibility index (Phi) is 7.05. The molecule has 0 aliphatic carbocycles. The number of amides is 1. The first-order valence-electron chi connectivity index (χ1n) is 7.97. The molecule has 0 bridgehead atoms. The molecule has 1 aromatic rings. The average molecular weight is 336 g/mol. The lowest BCUT2D eigenvalue weighted by atomic mass is 10.0. The Morgan fingerprint density at radius 3 is 2.88 bits per heavy atom. The molecule has 24 heavy (non-hydrogen) atoms. The molecular weight excluding hydrogens is 312 g/mol. The van der Waals surface area contributed by atoms with Gasteiger partial charge in [-0.3, -0.25) is 4.79 Å². The Balaban J connectivity index is 2.06. The van der Waals surface area contributed by atoms with E-state index >= 15 is 0 Å². The van der Waals surface area contributed by atoms with Gasteiger partial charge in [-0.1, -0.05) is 6.08 Å². The predicted octanol–water partition coefficient (Wildman–Crippen LogP) is 0.458. The molecular formula is C17H24N2O5. The molecule has 0 radical (unpaired) electrons. The van der Waals surface area contributed by atoms with Gasteiger partial charge in [-0.25, -0.2) is 0 Å². The summed E-state index contributed by atoms with van der Waals surface area (Å²) in [6, 6.07) is 3.45. The van der Waals surface area contributed by atoms with Crippen LogP contribution in [0.2, 0.25) is 0 Å². The van der Waals surface area contributed by atoms with E-state index in [9.17, 15) is 9.90 Å². The van der Waals surface area contributed by atoms with Crippen LogP contribution in [-0.2, 0) is 11.2 Å². The highest BCUT2D eigenvalue weighted by molar-refractivity contribution is 5.96. The second-order valence-corrected chi connectivity index (χ2v) is 5.45. The van der Waals surface area contributed by atoms with E-state index in [0.717, 1.165) is 5.56 Å². The van der Waals surface area contributed by atoms with Gasteiger partial charge in [0, 0.05) is 25.1 Å². The molecule has 0 fully saturated rings. The van der Waals surface area contributed by atoms with E-state index in [4.69, 9.17) is 14.6 Å². The molecule has 1 heterocycles. The lowest BCUT2D eigenvalue weighted by molar-refractivity contribution is -0.116. The van der Waals surface area contributed by atoms with E-state index in [0.29, 0.717) is 43.1 Å². The number of anilines is 1. The van der Waals surface area contributed by atoms with Crippen molar-refractivity contribution in [3.63, 3.8) is 0 Å². The van der Waals surface area contributed by atoms with Crippen LogP contribution in [0.1, 0.15) is 12.0 Å². The normalized spacial score (nSPS) is 14.5. The third kappa shape index (κ3) is 4.95. The van der Waals surface area contributed by atoms with Crippen molar-refractivity contribution < 1.29 is 24.5 Å². The van der Waals surface area contributed by atoms with Crippen molar-refractivity contribution in [1.29, 1.82) is 0 Å². The second kappa shape index (κ2) is 9.27. The first-order chi connectivity index (χ1) is 11.7. The highest BCUT2D eigenvalue weighted by atomic mass is 16.5. The minimum Gasteiger partial charge on any atom is -0.490 e. The zero-order valence-electron chi connectivity index (χ0n) is 13.6. The number of hydrogen-bond acceptors (Lipinski definition) is 6. The molecule has 1 aliphatic heterocycles. The lowest BCUT2D eigenvalue weighted by Gasteiger charge is -2.23. The van der Waals surface area contributed by atoms with Gasteiger partial charge < -0.3 is 30.3 Å². The predicted molar refractivity (Wildman–Crippen MR) is 90.5 cm³/mol. The fourth-order valence-corrected chi connectivity index (χ4v) is 2.44. The first-order valence-corrected chi connectivity index (χ1v) is 7.97. The summed E-state index contributed by atoms with van der Waals surface area (Å²) in [5, 5.41) is 24.6. The van der Waals surface area contributed by atoms with E-state index in [1.54, 1.807) is 18.2 Å². The highest BCUT2D eigenvalue weighted by Crippen LogP contribution is 2.38. The standard InChI is InChI=1S/C17H24N2O5/c1-2-7-18-10-12(21)11-24-14-4-5-15(23-9-8-20)17-13(14)3-6-16(22)19-17/h2,4-5,12,18,20-21H,1,3,6-11H2,(H,19,22). The summed E-state index contributed by atoms with van der Waals surface area (Å²) in [6.45, 7) is 4.81. The van der Waals surface area contributed by atoms with Gasteiger partial charge in [-0.15, -0.1) is 6.58 Å². The average Bonchev–Trinajstić information content (AvgIpc) is 2.58. The van der Waals surface area contributed by atoms with Gasteiger partial charge in [0.15, 0.2) is 0 Å². The molecule has 1 aliphatic rings. The molecule has 1 unspecified atom stereocenters. The maximum Gasteiger partial charge on any atom is 0.224 e. The van der Waals surface area contributed by atoms with Crippen molar-refractivity contribution in [2.45, 2.75) is 18.9 Å². The highest BCUT2D eigenvalue weighted by Gasteiger charge is 2.23. The maximum absolute atomic E-state index is 11.7. The van der Waals surface area contributed by atoms with Crippen molar-refractivity contribution in [2.75, 3.05) is 38.2 Å². The molecule has 7 nitrogen and oxygen atoms in total. The molecule has 0 aromatic heterocycles. The zero-order chi connectivity index (χ0) is 17.4. The van der Waals surface area contributed by atoms with Crippen molar-refractivity contribution >= 4 is 11.6 Å². The minimum atomic E-state index is -0.649. The summed E-state index contributed by atoms with van der Waals surface area (Å²) in [6.07, 6.45) is 1.98. The second-order valence-electron chi connectivity index (χ2n) is 5.45. The molecule has 2 rings (SSSR count). The number of carbonyl (C=O) groups is 1. The summed E-state index contributed by atoms with van der Waals surface area (Å²) >= 11 is 0. The van der Waals surface area contributed by atoms with Gasteiger partial charge >= 0.3 is 0 Å². The quantitative estimate of drug-likeness (QED) is 0.366. The number of rotatable bonds is 10. The SMILES string of the molecule is C=CCNCC(O)COc1ccc(OCCO)c2c1CCC(=O)N2.